The van der Waals surface area contributed by atoms with Gasteiger partial charge in [0, 0.05) is 12.0 Å². The molecule has 0 aromatic rings. The van der Waals surface area contributed by atoms with Crippen LogP contribution in [0.25, 0.3) is 0 Å². The lowest BCUT2D eigenvalue weighted by atomic mass is 9.87. The van der Waals surface area contributed by atoms with Gasteiger partial charge >= 0.3 is 0 Å². The van der Waals surface area contributed by atoms with Crippen LogP contribution in [0.2, 0.25) is 0 Å². The Kier molecular flexibility index (Phi) is 1.77. The molecule has 1 N–H and O–H groups in total. The van der Waals surface area contributed by atoms with E-state index in [1.165, 1.54) is 12.8 Å². The Hall–Kier alpha value is -0.120. The van der Waals surface area contributed by atoms with Crippen LogP contribution in [0.5, 0.6) is 0 Å². The van der Waals surface area contributed by atoms with Crippen LogP contribution in [-0.4, -0.2) is 31.6 Å². The number of hydrogen-bond donors (Lipinski definition) is 1. The zero-order valence-corrected chi connectivity index (χ0v) is 9.01. The fourth-order valence-corrected chi connectivity index (χ4v) is 2.77. The summed E-state index contributed by atoms with van der Waals surface area (Å²) in [5, 5.41) is 3.52. The van der Waals surface area contributed by atoms with Crippen LogP contribution in [-0.2, 0) is 9.47 Å². The van der Waals surface area contributed by atoms with E-state index >= 15 is 0 Å². The highest BCUT2D eigenvalue weighted by atomic mass is 16.6. The minimum Gasteiger partial charge on any atom is -0.372 e. The van der Waals surface area contributed by atoms with Crippen molar-refractivity contribution in [3.8, 4) is 0 Å². The molecule has 3 heteroatoms. The third-order valence-corrected chi connectivity index (χ3v) is 3.89. The van der Waals surface area contributed by atoms with Crippen molar-refractivity contribution in [1.29, 1.82) is 0 Å². The molecule has 2 spiro atoms. The molecule has 3 aliphatic rings. The van der Waals surface area contributed by atoms with E-state index in [-0.39, 0.29) is 5.72 Å². The van der Waals surface area contributed by atoms with E-state index in [1.54, 1.807) is 0 Å². The van der Waals surface area contributed by atoms with E-state index < -0.39 is 0 Å². The van der Waals surface area contributed by atoms with Crippen molar-refractivity contribution < 1.29 is 9.47 Å². The smallest absolute Gasteiger partial charge is 0.166 e. The quantitative estimate of drug-likeness (QED) is 0.683. The lowest BCUT2D eigenvalue weighted by Gasteiger charge is -2.51. The van der Waals surface area contributed by atoms with Crippen molar-refractivity contribution in [1.82, 2.24) is 5.32 Å². The summed E-state index contributed by atoms with van der Waals surface area (Å²) in [6.07, 6.45) is 3.10. The molecule has 14 heavy (non-hydrogen) atoms. The standard InChI is InChI=1S/C11H19NO2/c1-8(2)9-10(3-4-10)5-12-11(14-9)6-13-7-11/h8-9,12H,3-7H2,1-2H3. The van der Waals surface area contributed by atoms with Crippen molar-refractivity contribution >= 4 is 0 Å². The predicted molar refractivity (Wildman–Crippen MR) is 52.9 cm³/mol. The molecular formula is C11H19NO2. The molecule has 0 amide bonds. The molecular weight excluding hydrogens is 178 g/mol. The minimum absolute atomic E-state index is 0.122. The van der Waals surface area contributed by atoms with Crippen LogP contribution in [0.4, 0.5) is 0 Å². The zero-order chi connectivity index (χ0) is 9.81. The summed E-state index contributed by atoms with van der Waals surface area (Å²) in [6, 6.07) is 0. The molecule has 0 aromatic heterocycles. The van der Waals surface area contributed by atoms with Crippen LogP contribution >= 0.6 is 0 Å². The Morgan fingerprint density at radius 2 is 2.00 bits per heavy atom. The SMILES string of the molecule is CC(C)C1OC2(COC2)NCC12CC2. The Morgan fingerprint density at radius 1 is 1.29 bits per heavy atom. The summed E-state index contributed by atoms with van der Waals surface area (Å²) in [6.45, 7) is 7.12. The monoisotopic (exact) mass is 197 g/mol. The Morgan fingerprint density at radius 3 is 2.43 bits per heavy atom. The summed E-state index contributed by atoms with van der Waals surface area (Å²) >= 11 is 0. The first-order chi connectivity index (χ1) is 6.66. The molecule has 0 radical (unpaired) electrons. The van der Waals surface area contributed by atoms with Crippen molar-refractivity contribution in [2.24, 2.45) is 11.3 Å². The second-order valence-electron chi connectivity index (χ2n) is 5.49. The fraction of sp³-hybridized carbons (Fsp3) is 1.00. The van der Waals surface area contributed by atoms with Crippen LogP contribution in [0, 0.1) is 11.3 Å². The van der Waals surface area contributed by atoms with E-state index in [0.717, 1.165) is 19.8 Å². The van der Waals surface area contributed by atoms with Crippen LogP contribution in [0.3, 0.4) is 0 Å². The van der Waals surface area contributed by atoms with E-state index in [2.05, 4.69) is 19.2 Å². The first-order valence-corrected chi connectivity index (χ1v) is 5.67. The van der Waals surface area contributed by atoms with Gasteiger partial charge in [-0.15, -0.1) is 0 Å². The van der Waals surface area contributed by atoms with Gasteiger partial charge in [0.2, 0.25) is 0 Å². The van der Waals surface area contributed by atoms with Gasteiger partial charge in [-0.25, -0.2) is 0 Å². The lowest BCUT2D eigenvalue weighted by Crippen LogP contribution is -2.69. The van der Waals surface area contributed by atoms with Gasteiger partial charge in [0.15, 0.2) is 5.72 Å². The summed E-state index contributed by atoms with van der Waals surface area (Å²) in [4.78, 5) is 0. The van der Waals surface area contributed by atoms with E-state index in [9.17, 15) is 0 Å². The number of hydrogen-bond acceptors (Lipinski definition) is 3. The average Bonchev–Trinajstić information content (AvgIpc) is 2.83. The normalized spacial score (nSPS) is 37.5. The average molecular weight is 197 g/mol. The predicted octanol–water partition coefficient (Wildman–Crippen LogP) is 1.14. The second-order valence-corrected chi connectivity index (χ2v) is 5.49. The highest BCUT2D eigenvalue weighted by molar-refractivity contribution is 5.08. The summed E-state index contributed by atoms with van der Waals surface area (Å²) in [5.74, 6) is 0.622. The molecule has 1 atom stereocenters. The number of rotatable bonds is 1. The third kappa shape index (κ3) is 1.16. The van der Waals surface area contributed by atoms with Gasteiger partial charge in [-0.3, -0.25) is 5.32 Å². The molecule has 2 heterocycles. The van der Waals surface area contributed by atoms with E-state index in [1.807, 2.05) is 0 Å². The van der Waals surface area contributed by atoms with Gasteiger partial charge in [-0.1, -0.05) is 13.8 Å². The van der Waals surface area contributed by atoms with Crippen LogP contribution < -0.4 is 5.32 Å². The number of ether oxygens (including phenoxy) is 2. The van der Waals surface area contributed by atoms with Crippen molar-refractivity contribution in [3.05, 3.63) is 0 Å². The topological polar surface area (TPSA) is 30.5 Å². The fourth-order valence-electron chi connectivity index (χ4n) is 2.77. The van der Waals surface area contributed by atoms with Crippen LogP contribution in [0.1, 0.15) is 26.7 Å². The van der Waals surface area contributed by atoms with Gasteiger partial charge in [-0.05, 0) is 18.8 Å². The van der Waals surface area contributed by atoms with Crippen LogP contribution in [0.15, 0.2) is 0 Å². The van der Waals surface area contributed by atoms with Gasteiger partial charge in [0.1, 0.15) is 0 Å². The van der Waals surface area contributed by atoms with Gasteiger partial charge in [0.25, 0.3) is 0 Å². The molecule has 0 aromatic carbocycles. The molecule has 3 rings (SSSR count). The molecule has 80 valence electrons. The molecule has 3 fully saturated rings. The number of nitrogens with one attached hydrogen (secondary N) is 1. The van der Waals surface area contributed by atoms with Gasteiger partial charge in [-0.2, -0.15) is 0 Å². The maximum atomic E-state index is 6.21. The van der Waals surface area contributed by atoms with Crippen molar-refractivity contribution in [2.75, 3.05) is 19.8 Å². The largest absolute Gasteiger partial charge is 0.372 e. The van der Waals surface area contributed by atoms with Gasteiger partial charge < -0.3 is 9.47 Å². The highest BCUT2D eigenvalue weighted by Crippen LogP contribution is 2.54. The molecule has 0 bridgehead atoms. The molecule has 2 saturated heterocycles. The van der Waals surface area contributed by atoms with Crippen molar-refractivity contribution in [3.63, 3.8) is 0 Å². The molecule has 1 saturated carbocycles. The molecule has 3 nitrogen and oxygen atoms in total. The summed E-state index contributed by atoms with van der Waals surface area (Å²) in [7, 11) is 0. The van der Waals surface area contributed by atoms with Gasteiger partial charge in [0.05, 0.1) is 19.3 Å². The first-order valence-electron chi connectivity index (χ1n) is 5.67. The second kappa shape index (κ2) is 2.71. The first kappa shape index (κ1) is 9.13. The third-order valence-electron chi connectivity index (χ3n) is 3.89. The molecule has 1 aliphatic carbocycles. The summed E-state index contributed by atoms with van der Waals surface area (Å²) < 4.78 is 11.5. The van der Waals surface area contributed by atoms with E-state index in [0.29, 0.717) is 17.4 Å². The molecule has 1 unspecified atom stereocenters. The summed E-state index contributed by atoms with van der Waals surface area (Å²) in [5.41, 5.74) is 0.345. The minimum atomic E-state index is -0.122. The maximum absolute atomic E-state index is 6.21. The zero-order valence-electron chi connectivity index (χ0n) is 9.01. The highest BCUT2D eigenvalue weighted by Gasteiger charge is 2.59. The Bertz CT molecular complexity index is 244. The lowest BCUT2D eigenvalue weighted by molar-refractivity contribution is -0.284. The maximum Gasteiger partial charge on any atom is 0.166 e. The van der Waals surface area contributed by atoms with Crippen molar-refractivity contribution in [2.45, 2.75) is 38.5 Å². The van der Waals surface area contributed by atoms with E-state index in [4.69, 9.17) is 9.47 Å². The Balaban J connectivity index is 1.77. The molecule has 2 aliphatic heterocycles. The Labute approximate surface area is 85.1 Å².